The number of ether oxygens (including phenoxy) is 2. The van der Waals surface area contributed by atoms with Crippen molar-refractivity contribution in [2.24, 2.45) is 0 Å². The molecule has 4 rings (SSSR count). The fourth-order valence-electron chi connectivity index (χ4n) is 2.75. The van der Waals surface area contributed by atoms with Gasteiger partial charge >= 0.3 is 0 Å². The molecule has 0 radical (unpaired) electrons. The summed E-state index contributed by atoms with van der Waals surface area (Å²) in [4.78, 5) is 4.83. The summed E-state index contributed by atoms with van der Waals surface area (Å²) in [6.07, 6.45) is 1.65. The molecule has 2 aliphatic rings. The molecule has 2 aromatic rings. The molecular weight excluding hydrogens is 336 g/mol. The van der Waals surface area contributed by atoms with Crippen LogP contribution < -0.4 is 4.74 Å². The summed E-state index contributed by atoms with van der Waals surface area (Å²) < 4.78 is 26.3. The predicted molar refractivity (Wildman–Crippen MR) is 86.7 cm³/mol. The van der Waals surface area contributed by atoms with Crippen LogP contribution in [0.2, 0.25) is 5.02 Å². The van der Waals surface area contributed by atoms with E-state index in [1.165, 1.54) is 0 Å². The van der Waals surface area contributed by atoms with Gasteiger partial charge in [-0.3, -0.25) is 0 Å². The summed E-state index contributed by atoms with van der Waals surface area (Å²) in [7, 11) is -1.36. The molecule has 0 amide bonds. The molecule has 120 valence electrons. The lowest BCUT2D eigenvalue weighted by atomic mass is 10.0. The maximum atomic E-state index is 13.0. The largest absolute Gasteiger partial charge is 0.464 e. The number of aromatic nitrogens is 1. The van der Waals surface area contributed by atoms with Crippen LogP contribution in [0.5, 0.6) is 5.88 Å². The van der Waals surface area contributed by atoms with Crippen LogP contribution in [0.3, 0.4) is 0 Å². The molecule has 1 spiro atoms. The third-order valence-electron chi connectivity index (χ3n) is 3.97. The van der Waals surface area contributed by atoms with Crippen LogP contribution in [0.25, 0.3) is 0 Å². The maximum absolute atomic E-state index is 13.0. The first-order valence-electron chi connectivity index (χ1n) is 7.29. The minimum atomic E-state index is -1.36. The zero-order chi connectivity index (χ0) is 15.9. The van der Waals surface area contributed by atoms with Gasteiger partial charge in [0, 0.05) is 17.8 Å². The number of rotatable bonds is 2. The molecule has 1 saturated heterocycles. The lowest BCUT2D eigenvalue weighted by molar-refractivity contribution is -0.166. The highest BCUT2D eigenvalue weighted by atomic mass is 35.5. The molecule has 7 heteroatoms. The number of benzene rings is 1. The Labute approximate surface area is 141 Å². The number of hydrogen-bond donors (Lipinski definition) is 0. The molecule has 1 aromatic carbocycles. The Bertz CT molecular complexity index is 766. The summed E-state index contributed by atoms with van der Waals surface area (Å²) in [5.41, 5.74) is 0.446. The topological polar surface area (TPSA) is 51.7 Å². The van der Waals surface area contributed by atoms with Crippen LogP contribution in [0.15, 0.2) is 47.5 Å². The molecule has 0 aliphatic carbocycles. The van der Waals surface area contributed by atoms with Crippen molar-refractivity contribution in [2.75, 3.05) is 19.8 Å². The predicted octanol–water partition coefficient (Wildman–Crippen LogP) is 2.42. The number of hydrogen-bond acceptors (Lipinski definition) is 4. The average molecular weight is 351 g/mol. The van der Waals surface area contributed by atoms with Gasteiger partial charge in [0.2, 0.25) is 5.88 Å². The summed E-state index contributed by atoms with van der Waals surface area (Å²) in [5, 5.41) is 0.667. The van der Waals surface area contributed by atoms with Crippen molar-refractivity contribution in [2.45, 2.75) is 17.0 Å². The molecule has 5 nitrogen and oxygen atoms in total. The molecular formula is C16H15ClN2O3S. The van der Waals surface area contributed by atoms with Gasteiger partial charge in [-0.15, -0.1) is 0 Å². The smallest absolute Gasteiger partial charge is 0.232 e. The second-order valence-corrected chi connectivity index (χ2v) is 7.58. The number of pyridine rings is 1. The monoisotopic (exact) mass is 350 g/mol. The second kappa shape index (κ2) is 5.87. The first-order valence-corrected chi connectivity index (χ1v) is 8.77. The Morgan fingerprint density at radius 3 is 2.83 bits per heavy atom. The lowest BCUT2D eigenvalue weighted by Crippen LogP contribution is -2.60. The molecule has 0 bridgehead atoms. The van der Waals surface area contributed by atoms with Gasteiger partial charge in [0.1, 0.15) is 15.9 Å². The molecule has 1 atom stereocenters. The van der Waals surface area contributed by atoms with Crippen molar-refractivity contribution in [1.82, 2.24) is 9.29 Å². The van der Waals surface area contributed by atoms with Crippen LogP contribution >= 0.6 is 11.6 Å². The molecule has 23 heavy (non-hydrogen) atoms. The van der Waals surface area contributed by atoms with Gasteiger partial charge in [-0.25, -0.2) is 13.5 Å². The number of halogens is 1. The normalized spacial score (nSPS) is 22.7. The Kier molecular flexibility index (Phi) is 3.85. The first kappa shape index (κ1) is 15.1. The second-order valence-electron chi connectivity index (χ2n) is 5.72. The van der Waals surface area contributed by atoms with Crippen LogP contribution in [0.4, 0.5) is 0 Å². The van der Waals surface area contributed by atoms with Crippen molar-refractivity contribution in [3.05, 3.63) is 53.2 Å². The molecule has 0 N–H and O–H groups in total. The van der Waals surface area contributed by atoms with Crippen molar-refractivity contribution >= 4 is 22.6 Å². The first-order chi connectivity index (χ1) is 11.2. The molecule has 3 heterocycles. The van der Waals surface area contributed by atoms with Crippen LogP contribution in [0, 0.1) is 0 Å². The van der Waals surface area contributed by atoms with Crippen molar-refractivity contribution in [1.29, 1.82) is 0 Å². The quantitative estimate of drug-likeness (QED) is 0.834. The molecule has 1 fully saturated rings. The van der Waals surface area contributed by atoms with E-state index in [0.717, 1.165) is 5.56 Å². The average Bonchev–Trinajstić information content (AvgIpc) is 2.65. The van der Waals surface area contributed by atoms with Gasteiger partial charge in [-0.05, 0) is 23.8 Å². The van der Waals surface area contributed by atoms with Gasteiger partial charge in [-0.2, -0.15) is 0 Å². The minimum Gasteiger partial charge on any atom is -0.464 e. The van der Waals surface area contributed by atoms with E-state index in [4.69, 9.17) is 21.1 Å². The highest BCUT2D eigenvalue weighted by molar-refractivity contribution is 7.82. The van der Waals surface area contributed by atoms with Crippen molar-refractivity contribution in [3.63, 3.8) is 0 Å². The molecule has 1 unspecified atom stereocenters. The van der Waals surface area contributed by atoms with E-state index in [1.807, 2.05) is 28.6 Å². The fourth-order valence-corrected chi connectivity index (χ4v) is 4.27. The SMILES string of the molecule is O=S1c2cccnc2OC2(COC2)CN1Cc1ccccc1Cl. The van der Waals surface area contributed by atoms with Gasteiger partial charge in [0.15, 0.2) is 5.60 Å². The third-order valence-corrected chi connectivity index (χ3v) is 5.75. The van der Waals surface area contributed by atoms with E-state index in [2.05, 4.69) is 4.98 Å². The van der Waals surface area contributed by atoms with Gasteiger partial charge in [0.05, 0.1) is 19.8 Å². The van der Waals surface area contributed by atoms with E-state index in [1.54, 1.807) is 18.3 Å². The van der Waals surface area contributed by atoms with Crippen LogP contribution in [0.1, 0.15) is 5.56 Å². The molecule has 1 aromatic heterocycles. The highest BCUT2D eigenvalue weighted by Crippen LogP contribution is 2.35. The summed E-state index contributed by atoms with van der Waals surface area (Å²) in [6, 6.07) is 11.1. The molecule has 2 aliphatic heterocycles. The van der Waals surface area contributed by atoms with Crippen molar-refractivity contribution in [3.8, 4) is 5.88 Å². The van der Waals surface area contributed by atoms with Gasteiger partial charge in [0.25, 0.3) is 0 Å². The summed E-state index contributed by atoms with van der Waals surface area (Å²) in [5.74, 6) is 0.427. The van der Waals surface area contributed by atoms with Gasteiger partial charge < -0.3 is 9.47 Å². The summed E-state index contributed by atoms with van der Waals surface area (Å²) >= 11 is 6.26. The fraction of sp³-hybridized carbons (Fsp3) is 0.312. The van der Waals surface area contributed by atoms with Gasteiger partial charge in [-0.1, -0.05) is 29.8 Å². The Morgan fingerprint density at radius 2 is 2.09 bits per heavy atom. The molecule has 0 saturated carbocycles. The van der Waals surface area contributed by atoms with Crippen LogP contribution in [-0.2, 0) is 22.3 Å². The third kappa shape index (κ3) is 2.76. The van der Waals surface area contributed by atoms with Crippen molar-refractivity contribution < 1.29 is 13.7 Å². The van der Waals surface area contributed by atoms with E-state index >= 15 is 0 Å². The summed E-state index contributed by atoms with van der Waals surface area (Å²) in [6.45, 7) is 1.92. The zero-order valence-corrected chi connectivity index (χ0v) is 13.8. The van der Waals surface area contributed by atoms with E-state index in [-0.39, 0.29) is 0 Å². The van der Waals surface area contributed by atoms with E-state index in [0.29, 0.717) is 42.1 Å². The lowest BCUT2D eigenvalue weighted by Gasteiger charge is -2.41. The highest BCUT2D eigenvalue weighted by Gasteiger charge is 2.47. The van der Waals surface area contributed by atoms with E-state index in [9.17, 15) is 4.21 Å². The van der Waals surface area contributed by atoms with E-state index < -0.39 is 16.6 Å². The standard InChI is InChI=1S/C16H15ClN2O3S/c17-13-5-2-1-4-12(13)8-19-9-16(10-21-11-16)22-15-14(23(19)20)6-3-7-18-15/h1-7H,8-11H2. The number of fused-ring (bicyclic) bond motifs is 1. The minimum absolute atomic E-state index is 0.427. The Balaban J connectivity index is 1.71. The van der Waals surface area contributed by atoms with Crippen LogP contribution in [-0.4, -0.2) is 38.9 Å². The zero-order valence-electron chi connectivity index (χ0n) is 12.3. The Morgan fingerprint density at radius 1 is 1.26 bits per heavy atom. The number of nitrogens with zero attached hydrogens (tertiary/aromatic N) is 2. The Hall–Kier alpha value is -1.47. The maximum Gasteiger partial charge on any atom is 0.232 e.